The van der Waals surface area contributed by atoms with Gasteiger partial charge in [0.15, 0.2) is 0 Å². The molecule has 0 bridgehead atoms. The Kier molecular flexibility index (Phi) is 6.20. The number of hydrogen-bond donors (Lipinski definition) is 0. The molecule has 0 saturated carbocycles. The second kappa shape index (κ2) is 8.14. The van der Waals surface area contributed by atoms with Crippen molar-refractivity contribution in [2.45, 2.75) is 51.6 Å². The maximum atomic E-state index is 5.55. The van der Waals surface area contributed by atoms with E-state index in [0.29, 0.717) is 17.7 Å². The van der Waals surface area contributed by atoms with Crippen LogP contribution in [0.15, 0.2) is 40.3 Å². The smallest absolute Gasteiger partial charge is 0.209 e. The lowest BCUT2D eigenvalue weighted by atomic mass is 9.89. The summed E-state index contributed by atoms with van der Waals surface area (Å²) in [7, 11) is 3.35. The highest BCUT2D eigenvalue weighted by atomic mass is 16.5. The summed E-state index contributed by atoms with van der Waals surface area (Å²) in [5.41, 5.74) is 1.34. The first-order valence-electron chi connectivity index (χ1n) is 8.38. The van der Waals surface area contributed by atoms with Gasteiger partial charge in [0.1, 0.15) is 12.1 Å². The Hall–Kier alpha value is -1.84. The standard InChI is InChI=1S/C19H28N2O2/c1-6-14(15-10-8-7-9-11-15)12-16-18(22-4)21-17(13(2)3)19(20-16)23-5/h7-11,13-14,16-17H,6,12H2,1-5H3/t14-,16?,17?/m0/s1. The van der Waals surface area contributed by atoms with E-state index in [9.17, 15) is 0 Å². The molecule has 1 aliphatic rings. The van der Waals surface area contributed by atoms with Crippen LogP contribution < -0.4 is 0 Å². The molecule has 0 aliphatic carbocycles. The number of nitrogens with zero attached hydrogens (tertiary/aromatic N) is 2. The van der Waals surface area contributed by atoms with E-state index in [1.54, 1.807) is 14.2 Å². The van der Waals surface area contributed by atoms with Crippen molar-refractivity contribution in [3.05, 3.63) is 35.9 Å². The number of benzene rings is 1. The van der Waals surface area contributed by atoms with Crippen LogP contribution in [0.2, 0.25) is 0 Å². The summed E-state index contributed by atoms with van der Waals surface area (Å²) in [6.07, 6.45) is 1.94. The number of rotatable bonds is 5. The SMILES string of the molecule is CC[C@@H](CC1N=C(OC)C(C(C)C)N=C1OC)c1ccccc1. The van der Waals surface area contributed by atoms with Crippen LogP contribution in [-0.4, -0.2) is 38.1 Å². The third-order valence-electron chi connectivity index (χ3n) is 4.41. The van der Waals surface area contributed by atoms with E-state index in [-0.39, 0.29) is 12.1 Å². The van der Waals surface area contributed by atoms with Gasteiger partial charge in [-0.25, -0.2) is 9.98 Å². The maximum Gasteiger partial charge on any atom is 0.209 e. The molecule has 0 amide bonds. The van der Waals surface area contributed by atoms with Gasteiger partial charge in [-0.05, 0) is 30.2 Å². The van der Waals surface area contributed by atoms with Gasteiger partial charge in [0.2, 0.25) is 11.8 Å². The number of ether oxygens (including phenoxy) is 2. The molecule has 4 heteroatoms. The van der Waals surface area contributed by atoms with Gasteiger partial charge >= 0.3 is 0 Å². The molecule has 0 radical (unpaired) electrons. The van der Waals surface area contributed by atoms with Crippen LogP contribution >= 0.6 is 0 Å². The van der Waals surface area contributed by atoms with Gasteiger partial charge in [-0.15, -0.1) is 0 Å². The Labute approximate surface area is 139 Å². The first kappa shape index (κ1) is 17.5. The van der Waals surface area contributed by atoms with Crippen LogP contribution in [-0.2, 0) is 9.47 Å². The fraction of sp³-hybridized carbons (Fsp3) is 0.579. The molecule has 4 nitrogen and oxygen atoms in total. The predicted octanol–water partition coefficient (Wildman–Crippen LogP) is 4.07. The van der Waals surface area contributed by atoms with E-state index in [4.69, 9.17) is 19.5 Å². The molecule has 2 unspecified atom stereocenters. The lowest BCUT2D eigenvalue weighted by molar-refractivity contribution is 0.327. The second-order valence-electron chi connectivity index (χ2n) is 6.30. The van der Waals surface area contributed by atoms with Gasteiger partial charge in [-0.3, -0.25) is 0 Å². The second-order valence-corrected chi connectivity index (χ2v) is 6.30. The minimum atomic E-state index is -0.0740. The van der Waals surface area contributed by atoms with Gasteiger partial charge in [0.25, 0.3) is 0 Å². The van der Waals surface area contributed by atoms with E-state index in [0.717, 1.165) is 18.7 Å². The fourth-order valence-corrected chi connectivity index (χ4v) is 3.05. The first-order valence-corrected chi connectivity index (χ1v) is 8.38. The molecule has 2 rings (SSSR count). The van der Waals surface area contributed by atoms with E-state index in [2.05, 4.69) is 45.0 Å². The molecular weight excluding hydrogens is 288 g/mol. The zero-order valence-corrected chi connectivity index (χ0v) is 14.8. The highest BCUT2D eigenvalue weighted by molar-refractivity contribution is 5.94. The van der Waals surface area contributed by atoms with Crippen LogP contribution in [0.5, 0.6) is 0 Å². The molecule has 0 spiro atoms. The molecule has 0 N–H and O–H groups in total. The van der Waals surface area contributed by atoms with Crippen molar-refractivity contribution in [2.24, 2.45) is 15.9 Å². The molecule has 0 saturated heterocycles. The quantitative estimate of drug-likeness (QED) is 0.822. The molecule has 1 aromatic rings. The van der Waals surface area contributed by atoms with Gasteiger partial charge in [0.05, 0.1) is 14.2 Å². The maximum absolute atomic E-state index is 5.55. The summed E-state index contributed by atoms with van der Waals surface area (Å²) < 4.78 is 11.0. The number of methoxy groups -OCH3 is 2. The summed E-state index contributed by atoms with van der Waals surface area (Å²) in [5, 5.41) is 0. The topological polar surface area (TPSA) is 43.2 Å². The largest absolute Gasteiger partial charge is 0.483 e. The van der Waals surface area contributed by atoms with E-state index >= 15 is 0 Å². The summed E-state index contributed by atoms with van der Waals surface area (Å²) in [6.45, 7) is 6.45. The minimum Gasteiger partial charge on any atom is -0.483 e. The summed E-state index contributed by atoms with van der Waals surface area (Å²) >= 11 is 0. The zero-order valence-electron chi connectivity index (χ0n) is 14.8. The van der Waals surface area contributed by atoms with Gasteiger partial charge in [0, 0.05) is 0 Å². The van der Waals surface area contributed by atoms with Crippen molar-refractivity contribution >= 4 is 11.8 Å². The minimum absolute atomic E-state index is 0.0528. The number of aliphatic imine (C=N–C) groups is 2. The average Bonchev–Trinajstić information content (AvgIpc) is 2.59. The van der Waals surface area contributed by atoms with Crippen LogP contribution in [0.4, 0.5) is 0 Å². The molecule has 1 aliphatic heterocycles. The Morgan fingerprint density at radius 1 is 1.00 bits per heavy atom. The van der Waals surface area contributed by atoms with Gasteiger partial charge in [-0.1, -0.05) is 51.1 Å². The molecule has 126 valence electrons. The van der Waals surface area contributed by atoms with E-state index < -0.39 is 0 Å². The molecule has 3 atom stereocenters. The van der Waals surface area contributed by atoms with Crippen molar-refractivity contribution in [1.82, 2.24) is 0 Å². The normalized spacial score (nSPS) is 22.3. The zero-order chi connectivity index (χ0) is 16.8. The Balaban J connectivity index is 2.23. The van der Waals surface area contributed by atoms with Crippen molar-refractivity contribution in [3.8, 4) is 0 Å². The molecule has 0 aromatic heterocycles. The third kappa shape index (κ3) is 4.12. The van der Waals surface area contributed by atoms with Gasteiger partial charge < -0.3 is 9.47 Å². The van der Waals surface area contributed by atoms with Crippen LogP contribution in [0, 0.1) is 5.92 Å². The Morgan fingerprint density at radius 3 is 2.17 bits per heavy atom. The average molecular weight is 316 g/mol. The molecule has 0 fully saturated rings. The van der Waals surface area contributed by atoms with Crippen LogP contribution in [0.25, 0.3) is 0 Å². The van der Waals surface area contributed by atoms with E-state index in [1.165, 1.54) is 5.56 Å². The Morgan fingerprint density at radius 2 is 1.65 bits per heavy atom. The van der Waals surface area contributed by atoms with E-state index in [1.807, 2.05) is 6.07 Å². The van der Waals surface area contributed by atoms with Crippen LogP contribution in [0.3, 0.4) is 0 Å². The fourth-order valence-electron chi connectivity index (χ4n) is 3.05. The van der Waals surface area contributed by atoms with Crippen molar-refractivity contribution in [1.29, 1.82) is 0 Å². The monoisotopic (exact) mass is 316 g/mol. The summed E-state index contributed by atoms with van der Waals surface area (Å²) in [4.78, 5) is 9.56. The molecular formula is C19H28N2O2. The molecule has 1 aromatic carbocycles. The number of hydrogen-bond acceptors (Lipinski definition) is 4. The Bertz CT molecular complexity index is 552. The third-order valence-corrected chi connectivity index (χ3v) is 4.41. The highest BCUT2D eigenvalue weighted by Crippen LogP contribution is 2.28. The van der Waals surface area contributed by atoms with Crippen molar-refractivity contribution < 1.29 is 9.47 Å². The first-order chi connectivity index (χ1) is 11.1. The summed E-state index contributed by atoms with van der Waals surface area (Å²) in [5.74, 6) is 2.20. The predicted molar refractivity (Wildman–Crippen MR) is 95.4 cm³/mol. The lowest BCUT2D eigenvalue weighted by Gasteiger charge is -2.29. The molecule has 23 heavy (non-hydrogen) atoms. The van der Waals surface area contributed by atoms with Crippen LogP contribution in [0.1, 0.15) is 45.1 Å². The highest BCUT2D eigenvalue weighted by Gasteiger charge is 2.32. The van der Waals surface area contributed by atoms with Crippen molar-refractivity contribution in [3.63, 3.8) is 0 Å². The summed E-state index contributed by atoms with van der Waals surface area (Å²) in [6, 6.07) is 10.5. The van der Waals surface area contributed by atoms with Gasteiger partial charge in [-0.2, -0.15) is 0 Å². The van der Waals surface area contributed by atoms with Crippen molar-refractivity contribution in [2.75, 3.05) is 14.2 Å². The molecule has 1 heterocycles. The lowest BCUT2D eigenvalue weighted by Crippen LogP contribution is -2.38.